The second-order valence-electron chi connectivity index (χ2n) is 7.09. The highest BCUT2D eigenvalue weighted by atomic mass is 31.2. The van der Waals surface area contributed by atoms with E-state index in [0.717, 1.165) is 12.8 Å². The average Bonchev–Trinajstić information content (AvgIpc) is 2.60. The zero-order valence-corrected chi connectivity index (χ0v) is 18.1. The van der Waals surface area contributed by atoms with Crippen LogP contribution in [0.2, 0.25) is 0 Å². The molecule has 0 aromatic rings. The van der Waals surface area contributed by atoms with E-state index in [1.165, 1.54) is 89.9 Å². The van der Waals surface area contributed by atoms with Crippen molar-refractivity contribution in [1.82, 2.24) is 0 Å². The molecule has 1 N–H and O–H groups in total. The molecule has 5 nitrogen and oxygen atoms in total. The Balaban J connectivity index is 3.10. The number of phosphoric ester groups is 1. The SMILES string of the molecule is CCCCCCCCCCCCCCCCCCOOP(=O)(O)OCC. The van der Waals surface area contributed by atoms with Crippen molar-refractivity contribution in [3.05, 3.63) is 0 Å². The molecule has 0 saturated heterocycles. The lowest BCUT2D eigenvalue weighted by molar-refractivity contribution is -0.224. The van der Waals surface area contributed by atoms with Gasteiger partial charge in [-0.3, -0.25) is 4.52 Å². The molecule has 0 aliphatic carbocycles. The zero-order chi connectivity index (χ0) is 19.3. The maximum absolute atomic E-state index is 11.2. The van der Waals surface area contributed by atoms with Gasteiger partial charge < -0.3 is 4.89 Å². The van der Waals surface area contributed by atoms with Gasteiger partial charge in [0.25, 0.3) is 0 Å². The van der Waals surface area contributed by atoms with Gasteiger partial charge in [0.05, 0.1) is 13.2 Å². The van der Waals surface area contributed by atoms with Crippen molar-refractivity contribution in [2.75, 3.05) is 13.2 Å². The summed E-state index contributed by atoms with van der Waals surface area (Å²) in [6.45, 7) is 4.35. The molecule has 0 spiro atoms. The summed E-state index contributed by atoms with van der Waals surface area (Å²) >= 11 is 0. The Hall–Kier alpha value is 0.0700. The molecule has 0 heterocycles. The molecule has 0 fully saturated rings. The molecule has 0 aromatic carbocycles. The summed E-state index contributed by atoms with van der Waals surface area (Å²) in [5, 5.41) is 0. The van der Waals surface area contributed by atoms with Gasteiger partial charge in [0.1, 0.15) is 0 Å². The second kappa shape index (κ2) is 19.8. The van der Waals surface area contributed by atoms with Gasteiger partial charge in [-0.25, -0.2) is 9.45 Å². The fourth-order valence-electron chi connectivity index (χ4n) is 3.00. The maximum atomic E-state index is 11.2. The third-order valence-corrected chi connectivity index (χ3v) is 5.40. The van der Waals surface area contributed by atoms with E-state index in [4.69, 9.17) is 9.78 Å². The second-order valence-corrected chi connectivity index (χ2v) is 8.43. The first-order valence-corrected chi connectivity index (χ1v) is 12.4. The minimum atomic E-state index is -4.01. The van der Waals surface area contributed by atoms with Crippen molar-refractivity contribution >= 4 is 7.82 Å². The van der Waals surface area contributed by atoms with E-state index in [0.29, 0.717) is 6.61 Å². The monoisotopic (exact) mass is 394 g/mol. The Morgan fingerprint density at radius 3 is 1.42 bits per heavy atom. The summed E-state index contributed by atoms with van der Waals surface area (Å²) in [7, 11) is -4.01. The predicted molar refractivity (Wildman–Crippen MR) is 108 cm³/mol. The third kappa shape index (κ3) is 20.4. The van der Waals surface area contributed by atoms with Crippen molar-refractivity contribution in [3.8, 4) is 0 Å². The van der Waals surface area contributed by atoms with Crippen LogP contribution in [0.15, 0.2) is 0 Å². The molecule has 0 rings (SSSR count). The van der Waals surface area contributed by atoms with E-state index >= 15 is 0 Å². The molecule has 0 aliphatic heterocycles. The fraction of sp³-hybridized carbons (Fsp3) is 1.00. The molecule has 1 unspecified atom stereocenters. The highest BCUT2D eigenvalue weighted by Crippen LogP contribution is 2.43. The van der Waals surface area contributed by atoms with Gasteiger partial charge in [0, 0.05) is 0 Å². The van der Waals surface area contributed by atoms with Crippen LogP contribution in [0.4, 0.5) is 0 Å². The molecule has 0 bridgehead atoms. The van der Waals surface area contributed by atoms with Gasteiger partial charge >= 0.3 is 7.82 Å². The van der Waals surface area contributed by atoms with Gasteiger partial charge in [-0.1, -0.05) is 103 Å². The first-order chi connectivity index (χ1) is 12.6. The molecular weight excluding hydrogens is 351 g/mol. The normalized spacial score (nSPS) is 13.8. The van der Waals surface area contributed by atoms with Crippen LogP contribution in [-0.2, 0) is 18.7 Å². The van der Waals surface area contributed by atoms with E-state index in [1.807, 2.05) is 0 Å². The summed E-state index contributed by atoms with van der Waals surface area (Å²) in [5.41, 5.74) is 0. The topological polar surface area (TPSA) is 65.0 Å². The van der Waals surface area contributed by atoms with Crippen LogP contribution in [0.25, 0.3) is 0 Å². The van der Waals surface area contributed by atoms with Crippen molar-refractivity contribution in [2.45, 2.75) is 117 Å². The van der Waals surface area contributed by atoms with Gasteiger partial charge in [-0.05, 0) is 13.3 Å². The lowest BCUT2D eigenvalue weighted by Gasteiger charge is -2.09. The molecule has 0 aromatic heterocycles. The van der Waals surface area contributed by atoms with Crippen LogP contribution in [-0.4, -0.2) is 18.1 Å². The van der Waals surface area contributed by atoms with Gasteiger partial charge in [0.15, 0.2) is 0 Å². The van der Waals surface area contributed by atoms with E-state index < -0.39 is 7.82 Å². The Morgan fingerprint density at radius 1 is 0.654 bits per heavy atom. The van der Waals surface area contributed by atoms with Crippen LogP contribution in [0, 0.1) is 0 Å². The van der Waals surface area contributed by atoms with Crippen LogP contribution in [0.1, 0.15) is 117 Å². The Labute approximate surface area is 161 Å². The Kier molecular flexibility index (Phi) is 19.9. The fourth-order valence-corrected chi connectivity index (χ4v) is 3.57. The smallest absolute Gasteiger partial charge is 0.301 e. The Bertz CT molecular complexity index is 325. The van der Waals surface area contributed by atoms with E-state index in [9.17, 15) is 4.57 Å². The summed E-state index contributed by atoms with van der Waals surface area (Å²) < 4.78 is 20.1. The number of phosphoric acid groups is 1. The van der Waals surface area contributed by atoms with E-state index in [2.05, 4.69) is 16.1 Å². The molecular formula is C20H43O5P. The average molecular weight is 395 g/mol. The summed E-state index contributed by atoms with van der Waals surface area (Å²) in [6, 6.07) is 0. The quantitative estimate of drug-likeness (QED) is 0.0955. The van der Waals surface area contributed by atoms with Crippen LogP contribution in [0.5, 0.6) is 0 Å². The van der Waals surface area contributed by atoms with Crippen molar-refractivity contribution < 1.29 is 23.5 Å². The maximum Gasteiger partial charge on any atom is 0.499 e. The number of unbranched alkanes of at least 4 members (excludes halogenated alkanes) is 15. The number of hydrogen-bond donors (Lipinski definition) is 1. The Morgan fingerprint density at radius 2 is 1.04 bits per heavy atom. The molecule has 26 heavy (non-hydrogen) atoms. The first-order valence-electron chi connectivity index (χ1n) is 10.9. The molecule has 158 valence electrons. The predicted octanol–water partition coefficient (Wildman–Crippen LogP) is 7.33. The van der Waals surface area contributed by atoms with Gasteiger partial charge in [0.2, 0.25) is 0 Å². The minimum Gasteiger partial charge on any atom is -0.301 e. The van der Waals surface area contributed by atoms with E-state index in [-0.39, 0.29) is 6.61 Å². The summed E-state index contributed by atoms with van der Waals surface area (Å²) in [4.78, 5) is 13.9. The number of hydrogen-bond acceptors (Lipinski definition) is 4. The summed E-state index contributed by atoms with van der Waals surface area (Å²) in [5.74, 6) is 0. The highest BCUT2D eigenvalue weighted by Gasteiger charge is 2.21. The van der Waals surface area contributed by atoms with Gasteiger partial charge in [-0.15, -0.1) is 4.67 Å². The molecule has 6 heteroatoms. The van der Waals surface area contributed by atoms with Crippen molar-refractivity contribution in [2.24, 2.45) is 0 Å². The van der Waals surface area contributed by atoms with Crippen LogP contribution < -0.4 is 0 Å². The lowest BCUT2D eigenvalue weighted by atomic mass is 10.0. The van der Waals surface area contributed by atoms with Crippen molar-refractivity contribution in [1.29, 1.82) is 0 Å². The van der Waals surface area contributed by atoms with E-state index in [1.54, 1.807) is 6.92 Å². The zero-order valence-electron chi connectivity index (χ0n) is 17.3. The van der Waals surface area contributed by atoms with Crippen LogP contribution in [0.3, 0.4) is 0 Å². The molecule has 0 amide bonds. The highest BCUT2D eigenvalue weighted by molar-refractivity contribution is 7.47. The largest absolute Gasteiger partial charge is 0.499 e. The number of rotatable bonds is 21. The van der Waals surface area contributed by atoms with Crippen LogP contribution >= 0.6 is 7.82 Å². The molecule has 0 saturated carbocycles. The lowest BCUT2D eigenvalue weighted by Crippen LogP contribution is -1.98. The third-order valence-electron chi connectivity index (χ3n) is 4.52. The van der Waals surface area contributed by atoms with Gasteiger partial charge in [-0.2, -0.15) is 0 Å². The molecule has 0 radical (unpaired) electrons. The molecule has 0 aliphatic rings. The minimum absolute atomic E-state index is 0.121. The standard InChI is InChI=1S/C20H43O5P/c1-3-5-6-7-8-9-10-11-12-13-14-15-16-17-18-19-20-23-25-26(21,22)24-4-2/h3-20H2,1-2H3,(H,21,22). The molecule has 1 atom stereocenters. The summed E-state index contributed by atoms with van der Waals surface area (Å²) in [6.07, 6.45) is 21.0. The first kappa shape index (κ1) is 26.1. The van der Waals surface area contributed by atoms with Crippen molar-refractivity contribution in [3.63, 3.8) is 0 Å².